The quantitative estimate of drug-likeness (QED) is 0.297. The second-order valence-corrected chi connectivity index (χ2v) is 8.23. The molecule has 0 bridgehead atoms. The van der Waals surface area contributed by atoms with Crippen molar-refractivity contribution >= 4 is 45.0 Å². The molecule has 164 valence electrons. The average molecular weight is 448 g/mol. The molecule has 0 atom stereocenters. The van der Waals surface area contributed by atoms with Crippen LogP contribution in [0.3, 0.4) is 0 Å². The maximum Gasteiger partial charge on any atom is 0.262 e. The minimum absolute atomic E-state index is 0.0328. The van der Waals surface area contributed by atoms with Crippen LogP contribution in [0.4, 0.5) is 5.69 Å². The van der Waals surface area contributed by atoms with E-state index in [1.165, 1.54) is 11.8 Å². The zero-order valence-corrected chi connectivity index (χ0v) is 19.0. The molecule has 4 rings (SSSR count). The number of hydrogen-bond acceptors (Lipinski definition) is 5. The van der Waals surface area contributed by atoms with Crippen molar-refractivity contribution in [3.05, 3.63) is 77.1 Å². The van der Waals surface area contributed by atoms with Gasteiger partial charge in [-0.15, -0.1) is 0 Å². The molecule has 0 unspecified atom stereocenters. The number of carbonyl (C=O) groups excluding carboxylic acids is 1. The number of rotatable bonds is 8. The molecule has 0 saturated heterocycles. The number of nitrogens with zero attached hydrogens (tertiary/aromatic N) is 3. The monoisotopic (exact) mass is 447 g/mol. The van der Waals surface area contributed by atoms with E-state index in [9.17, 15) is 9.59 Å². The summed E-state index contributed by atoms with van der Waals surface area (Å²) in [5, 5.41) is 3.21. The molecule has 7 heteroatoms. The molecule has 0 spiro atoms. The summed E-state index contributed by atoms with van der Waals surface area (Å²) in [6, 6.07) is 21.3. The Morgan fingerprint density at radius 3 is 2.53 bits per heavy atom. The van der Waals surface area contributed by atoms with Crippen LogP contribution in [-0.2, 0) is 16.1 Å². The summed E-state index contributed by atoms with van der Waals surface area (Å²) >= 11 is 1.28. The van der Waals surface area contributed by atoms with Crippen LogP contribution >= 0.6 is 11.8 Å². The minimum atomic E-state index is -0.121. The van der Waals surface area contributed by atoms with Crippen LogP contribution in [0, 0.1) is 0 Å². The lowest BCUT2D eigenvalue weighted by Gasteiger charge is -2.23. The molecule has 32 heavy (non-hydrogen) atoms. The zero-order chi connectivity index (χ0) is 22.5. The van der Waals surface area contributed by atoms with Crippen LogP contribution in [0.5, 0.6) is 0 Å². The van der Waals surface area contributed by atoms with Gasteiger partial charge in [0, 0.05) is 19.0 Å². The SMILES string of the molecule is CCN(C(=O)CSc1nc2ccccc2c(=O)n1CCOC)c1cccc2ccccc12. The van der Waals surface area contributed by atoms with E-state index in [0.29, 0.717) is 35.8 Å². The van der Waals surface area contributed by atoms with Crippen LogP contribution in [0.2, 0.25) is 0 Å². The lowest BCUT2D eigenvalue weighted by atomic mass is 10.1. The summed E-state index contributed by atoms with van der Waals surface area (Å²) in [4.78, 5) is 32.7. The number of hydrogen-bond donors (Lipinski definition) is 0. The van der Waals surface area contributed by atoms with E-state index >= 15 is 0 Å². The topological polar surface area (TPSA) is 64.4 Å². The first-order chi connectivity index (χ1) is 15.6. The van der Waals surface area contributed by atoms with E-state index in [2.05, 4.69) is 4.98 Å². The molecule has 3 aromatic carbocycles. The number of para-hydroxylation sites is 1. The number of aromatic nitrogens is 2. The molecule has 0 aliphatic carbocycles. The van der Waals surface area contributed by atoms with Crippen molar-refractivity contribution in [1.82, 2.24) is 9.55 Å². The summed E-state index contributed by atoms with van der Waals surface area (Å²) in [6.07, 6.45) is 0. The second-order valence-electron chi connectivity index (χ2n) is 7.29. The highest BCUT2D eigenvalue weighted by molar-refractivity contribution is 7.99. The van der Waals surface area contributed by atoms with Gasteiger partial charge in [0.05, 0.1) is 35.5 Å². The van der Waals surface area contributed by atoms with Gasteiger partial charge < -0.3 is 9.64 Å². The highest BCUT2D eigenvalue weighted by Crippen LogP contribution is 2.28. The summed E-state index contributed by atoms with van der Waals surface area (Å²) in [5.74, 6) is 0.143. The Morgan fingerprint density at radius 1 is 1.03 bits per heavy atom. The zero-order valence-electron chi connectivity index (χ0n) is 18.2. The third-order valence-electron chi connectivity index (χ3n) is 5.35. The standard InChI is InChI=1S/C25H25N3O3S/c1-3-27(22-14-8-10-18-9-4-5-11-19(18)22)23(29)17-32-25-26-21-13-7-6-12-20(21)24(30)28(25)15-16-31-2/h4-14H,3,15-17H2,1-2H3. The first kappa shape index (κ1) is 22.0. The van der Waals surface area contributed by atoms with E-state index in [1.807, 2.05) is 67.6 Å². The van der Waals surface area contributed by atoms with Crippen LogP contribution < -0.4 is 10.5 Å². The molecule has 0 aliphatic heterocycles. The number of benzene rings is 3. The fraction of sp³-hybridized carbons (Fsp3) is 0.240. The predicted molar refractivity (Wildman–Crippen MR) is 131 cm³/mol. The third kappa shape index (κ3) is 4.40. The van der Waals surface area contributed by atoms with Crippen molar-refractivity contribution in [3.63, 3.8) is 0 Å². The van der Waals surface area contributed by atoms with Crippen LogP contribution in [0.1, 0.15) is 6.92 Å². The van der Waals surface area contributed by atoms with Gasteiger partial charge in [-0.25, -0.2) is 4.98 Å². The molecular weight excluding hydrogens is 422 g/mol. The predicted octanol–water partition coefficient (Wildman–Crippen LogP) is 4.34. The van der Waals surface area contributed by atoms with Gasteiger partial charge >= 0.3 is 0 Å². The summed E-state index contributed by atoms with van der Waals surface area (Å²) < 4.78 is 6.77. The first-order valence-corrected chi connectivity index (χ1v) is 11.5. The second kappa shape index (κ2) is 9.97. The maximum atomic E-state index is 13.2. The lowest BCUT2D eigenvalue weighted by Crippen LogP contribution is -2.33. The van der Waals surface area contributed by atoms with E-state index < -0.39 is 0 Å². The fourth-order valence-corrected chi connectivity index (χ4v) is 4.67. The molecule has 1 amide bonds. The van der Waals surface area contributed by atoms with E-state index in [-0.39, 0.29) is 17.2 Å². The van der Waals surface area contributed by atoms with E-state index in [1.54, 1.807) is 22.6 Å². The number of methoxy groups -OCH3 is 1. The molecule has 0 aliphatic rings. The van der Waals surface area contributed by atoms with Gasteiger partial charge in [-0.2, -0.15) is 0 Å². The summed E-state index contributed by atoms with van der Waals surface area (Å²) in [6.45, 7) is 3.28. The smallest absolute Gasteiger partial charge is 0.262 e. The molecule has 1 aromatic heterocycles. The minimum Gasteiger partial charge on any atom is -0.383 e. The van der Waals surface area contributed by atoms with Gasteiger partial charge in [-0.1, -0.05) is 60.3 Å². The Hall–Kier alpha value is -3.16. The van der Waals surface area contributed by atoms with Gasteiger partial charge in [0.15, 0.2) is 5.16 Å². The van der Waals surface area contributed by atoms with Crippen LogP contribution in [-0.4, -0.2) is 41.5 Å². The van der Waals surface area contributed by atoms with Crippen molar-refractivity contribution in [2.24, 2.45) is 0 Å². The van der Waals surface area contributed by atoms with E-state index in [0.717, 1.165) is 16.5 Å². The first-order valence-electron chi connectivity index (χ1n) is 10.5. The Morgan fingerprint density at radius 2 is 1.75 bits per heavy atom. The van der Waals surface area contributed by atoms with Crippen molar-refractivity contribution in [3.8, 4) is 0 Å². The van der Waals surface area contributed by atoms with Gasteiger partial charge in [-0.05, 0) is 30.5 Å². The molecule has 0 saturated carbocycles. The third-order valence-corrected chi connectivity index (χ3v) is 6.31. The van der Waals surface area contributed by atoms with Gasteiger partial charge in [0.25, 0.3) is 5.56 Å². The fourth-order valence-electron chi connectivity index (χ4n) is 3.77. The van der Waals surface area contributed by atoms with Crippen molar-refractivity contribution in [2.45, 2.75) is 18.6 Å². The number of thioether (sulfide) groups is 1. The maximum absolute atomic E-state index is 13.2. The number of ether oxygens (including phenoxy) is 1. The van der Waals surface area contributed by atoms with Crippen LogP contribution in [0.25, 0.3) is 21.7 Å². The van der Waals surface area contributed by atoms with Crippen molar-refractivity contribution in [1.29, 1.82) is 0 Å². The van der Waals surface area contributed by atoms with Crippen molar-refractivity contribution < 1.29 is 9.53 Å². The summed E-state index contributed by atoms with van der Waals surface area (Å²) in [7, 11) is 1.60. The average Bonchev–Trinajstić information content (AvgIpc) is 2.83. The van der Waals surface area contributed by atoms with Crippen molar-refractivity contribution in [2.75, 3.05) is 30.9 Å². The van der Waals surface area contributed by atoms with E-state index in [4.69, 9.17) is 4.74 Å². The highest BCUT2D eigenvalue weighted by Gasteiger charge is 2.19. The Labute approximate surface area is 190 Å². The van der Waals surface area contributed by atoms with Crippen LogP contribution in [0.15, 0.2) is 76.7 Å². The Kier molecular flexibility index (Phi) is 6.87. The molecular formula is C25H25N3O3S. The van der Waals surface area contributed by atoms with Gasteiger partial charge in [0.2, 0.25) is 5.91 Å². The molecule has 1 heterocycles. The molecule has 4 aromatic rings. The molecule has 0 N–H and O–H groups in total. The summed E-state index contributed by atoms with van der Waals surface area (Å²) in [5.41, 5.74) is 1.39. The number of fused-ring (bicyclic) bond motifs is 2. The number of carbonyl (C=O) groups is 1. The number of amides is 1. The molecule has 6 nitrogen and oxygen atoms in total. The Balaban J connectivity index is 1.63. The number of anilines is 1. The normalized spacial score (nSPS) is 11.2. The Bertz CT molecular complexity index is 1310. The highest BCUT2D eigenvalue weighted by atomic mass is 32.2. The van der Waals surface area contributed by atoms with Gasteiger partial charge in [-0.3, -0.25) is 14.2 Å². The molecule has 0 fully saturated rings. The van der Waals surface area contributed by atoms with Gasteiger partial charge in [0.1, 0.15) is 0 Å². The molecule has 0 radical (unpaired) electrons. The largest absolute Gasteiger partial charge is 0.383 e. The lowest BCUT2D eigenvalue weighted by molar-refractivity contribution is -0.116.